The first-order valence-electron chi connectivity index (χ1n) is 10.3. The summed E-state index contributed by atoms with van der Waals surface area (Å²) in [5.74, 6) is 0.118. The van der Waals surface area contributed by atoms with Gasteiger partial charge in [0.05, 0.1) is 5.69 Å². The van der Waals surface area contributed by atoms with E-state index < -0.39 is 0 Å². The highest BCUT2D eigenvalue weighted by Gasteiger charge is 2.39. The minimum atomic E-state index is -0.223. The Hall–Kier alpha value is -2.32. The molecule has 4 rings (SSSR count). The molecule has 2 aliphatic carbocycles. The molecule has 2 saturated carbocycles. The minimum absolute atomic E-state index is 0.0131. The average molecular weight is 414 g/mol. The van der Waals surface area contributed by atoms with Crippen LogP contribution in [0, 0.1) is 12.8 Å². The number of hydrogen-bond donors (Lipinski definition) is 2. The number of nitrogens with one attached hydrogen (secondary N) is 1. The van der Waals surface area contributed by atoms with E-state index in [1.807, 2.05) is 29.2 Å². The molecular weight excluding hydrogens is 386 g/mol. The second-order valence-electron chi connectivity index (χ2n) is 8.05. The van der Waals surface area contributed by atoms with E-state index in [0.717, 1.165) is 55.6 Å². The van der Waals surface area contributed by atoms with Crippen molar-refractivity contribution in [3.8, 4) is 0 Å². The molecule has 2 fully saturated rings. The summed E-state index contributed by atoms with van der Waals surface area (Å²) in [6.07, 6.45) is 6.05. The first-order chi connectivity index (χ1) is 14.0. The summed E-state index contributed by atoms with van der Waals surface area (Å²) in [5, 5.41) is 6.89. The molecule has 0 saturated heterocycles. The van der Waals surface area contributed by atoms with Gasteiger partial charge < -0.3 is 16.0 Å². The topological polar surface area (TPSA) is 101 Å². The quantitative estimate of drug-likeness (QED) is 0.758. The van der Waals surface area contributed by atoms with Crippen molar-refractivity contribution in [1.29, 1.82) is 0 Å². The molecule has 29 heavy (non-hydrogen) atoms. The zero-order valence-corrected chi connectivity index (χ0v) is 17.5. The van der Waals surface area contributed by atoms with Gasteiger partial charge in [-0.15, -0.1) is 5.10 Å². The van der Waals surface area contributed by atoms with Crippen LogP contribution in [0.2, 0.25) is 0 Å². The number of aromatic nitrogens is 2. The molecule has 1 aromatic carbocycles. The van der Waals surface area contributed by atoms with E-state index in [9.17, 15) is 9.59 Å². The van der Waals surface area contributed by atoms with Crippen LogP contribution in [0.15, 0.2) is 24.3 Å². The Morgan fingerprint density at radius 1 is 1.21 bits per heavy atom. The van der Waals surface area contributed by atoms with Gasteiger partial charge in [-0.1, -0.05) is 35.5 Å². The molecule has 2 aliphatic rings. The van der Waals surface area contributed by atoms with Crippen LogP contribution in [0.4, 0.5) is 5.69 Å². The number of nitrogens with two attached hydrogens (primary N) is 1. The van der Waals surface area contributed by atoms with Gasteiger partial charge in [0.1, 0.15) is 4.88 Å². The van der Waals surface area contributed by atoms with Crippen LogP contribution in [-0.2, 0) is 11.3 Å². The maximum absolute atomic E-state index is 13.1. The lowest BCUT2D eigenvalue weighted by molar-refractivity contribution is -0.136. The van der Waals surface area contributed by atoms with Crippen molar-refractivity contribution >= 4 is 29.0 Å². The van der Waals surface area contributed by atoms with Gasteiger partial charge in [-0.2, -0.15) is 0 Å². The summed E-state index contributed by atoms with van der Waals surface area (Å²) in [6, 6.07) is 7.74. The molecule has 154 valence electrons. The van der Waals surface area contributed by atoms with Crippen LogP contribution >= 0.6 is 11.5 Å². The average Bonchev–Trinajstić information content (AvgIpc) is 3.48. The Balaban J connectivity index is 1.57. The van der Waals surface area contributed by atoms with E-state index in [0.29, 0.717) is 22.8 Å². The largest absolute Gasteiger partial charge is 0.334 e. The molecule has 2 amide bonds. The standard InChI is InChI=1S/C21H27N5O2S/c1-13-19(29-25-24-13)20(27)23-17-8-4-2-6-15(17)12-26(21(28)14-10-11-14)18-9-5-3-7-16(18)22/h2,4,6,8,14,16,18H,3,5,7,9-12,22H2,1H3,(H,23,27). The number of benzene rings is 1. The molecule has 0 bridgehead atoms. The maximum Gasteiger partial charge on any atom is 0.269 e. The Morgan fingerprint density at radius 3 is 2.66 bits per heavy atom. The fraction of sp³-hybridized carbons (Fsp3) is 0.524. The van der Waals surface area contributed by atoms with Gasteiger partial charge in [-0.25, -0.2) is 0 Å². The van der Waals surface area contributed by atoms with E-state index in [4.69, 9.17) is 5.73 Å². The van der Waals surface area contributed by atoms with Gasteiger partial charge in [0.25, 0.3) is 5.91 Å². The predicted octanol–water partition coefficient (Wildman–Crippen LogP) is 3.11. The number of carbonyl (C=O) groups excluding carboxylic acids is 2. The van der Waals surface area contributed by atoms with E-state index in [1.165, 1.54) is 0 Å². The number of rotatable bonds is 6. The SMILES string of the molecule is Cc1nnsc1C(=O)Nc1ccccc1CN(C(=O)C1CC1)C1CCCCC1N. The molecule has 2 unspecified atom stereocenters. The highest BCUT2D eigenvalue weighted by atomic mass is 32.1. The van der Waals surface area contributed by atoms with Gasteiger partial charge in [0, 0.05) is 30.2 Å². The Labute approximate surface area is 174 Å². The van der Waals surface area contributed by atoms with Crippen molar-refractivity contribution in [3.05, 3.63) is 40.4 Å². The maximum atomic E-state index is 13.1. The lowest BCUT2D eigenvalue weighted by Gasteiger charge is -2.39. The molecular formula is C21H27N5O2S. The minimum Gasteiger partial charge on any atom is -0.334 e. The number of carbonyl (C=O) groups is 2. The van der Waals surface area contributed by atoms with Gasteiger partial charge in [0.15, 0.2) is 0 Å². The highest BCUT2D eigenvalue weighted by Crippen LogP contribution is 2.35. The van der Waals surface area contributed by atoms with Crippen LogP contribution in [0.3, 0.4) is 0 Å². The third-order valence-electron chi connectivity index (χ3n) is 5.86. The van der Waals surface area contributed by atoms with Crippen LogP contribution in [0.1, 0.15) is 59.5 Å². The van der Waals surface area contributed by atoms with Crippen molar-refractivity contribution in [2.24, 2.45) is 11.7 Å². The lowest BCUT2D eigenvalue weighted by Crippen LogP contribution is -2.52. The Kier molecular flexibility index (Phi) is 5.91. The fourth-order valence-corrected chi connectivity index (χ4v) is 4.58. The fourth-order valence-electron chi connectivity index (χ4n) is 4.03. The van der Waals surface area contributed by atoms with E-state index in [-0.39, 0.29) is 29.8 Å². The second kappa shape index (κ2) is 8.59. The zero-order chi connectivity index (χ0) is 20.4. The summed E-state index contributed by atoms with van der Waals surface area (Å²) < 4.78 is 3.84. The molecule has 0 spiro atoms. The Morgan fingerprint density at radius 2 is 1.97 bits per heavy atom. The van der Waals surface area contributed by atoms with Gasteiger partial charge in [-0.3, -0.25) is 9.59 Å². The number of para-hydroxylation sites is 1. The smallest absolute Gasteiger partial charge is 0.269 e. The lowest BCUT2D eigenvalue weighted by atomic mass is 9.89. The third-order valence-corrected chi connectivity index (χ3v) is 6.68. The van der Waals surface area contributed by atoms with Crippen molar-refractivity contribution in [1.82, 2.24) is 14.5 Å². The predicted molar refractivity (Wildman–Crippen MR) is 113 cm³/mol. The highest BCUT2D eigenvalue weighted by molar-refractivity contribution is 7.08. The van der Waals surface area contributed by atoms with Crippen LogP contribution in [-0.4, -0.2) is 38.4 Å². The van der Waals surface area contributed by atoms with Gasteiger partial charge >= 0.3 is 0 Å². The molecule has 2 atom stereocenters. The van der Waals surface area contributed by atoms with E-state index in [2.05, 4.69) is 14.9 Å². The van der Waals surface area contributed by atoms with Crippen molar-refractivity contribution < 1.29 is 9.59 Å². The number of aryl methyl sites for hydroxylation is 1. The number of anilines is 1. The summed E-state index contributed by atoms with van der Waals surface area (Å²) in [5.41, 5.74) is 8.66. The summed E-state index contributed by atoms with van der Waals surface area (Å²) in [4.78, 5) is 28.2. The van der Waals surface area contributed by atoms with E-state index >= 15 is 0 Å². The molecule has 0 aliphatic heterocycles. The first-order valence-corrected chi connectivity index (χ1v) is 11.1. The van der Waals surface area contributed by atoms with E-state index in [1.54, 1.807) is 6.92 Å². The molecule has 0 radical (unpaired) electrons. The number of hydrogen-bond acceptors (Lipinski definition) is 6. The molecule has 1 aromatic heterocycles. The zero-order valence-electron chi connectivity index (χ0n) is 16.6. The van der Waals surface area contributed by atoms with Gasteiger partial charge in [-0.05, 0) is 55.8 Å². The molecule has 3 N–H and O–H groups in total. The summed E-state index contributed by atoms with van der Waals surface area (Å²) >= 11 is 1.08. The molecule has 8 heteroatoms. The second-order valence-corrected chi connectivity index (χ2v) is 8.81. The first kappa shape index (κ1) is 20.0. The number of nitrogens with zero attached hydrogens (tertiary/aromatic N) is 3. The third kappa shape index (κ3) is 4.48. The monoisotopic (exact) mass is 413 g/mol. The van der Waals surface area contributed by atoms with Crippen LogP contribution in [0.5, 0.6) is 0 Å². The van der Waals surface area contributed by atoms with Crippen molar-refractivity contribution in [2.45, 2.75) is 64.1 Å². The molecule has 2 aromatic rings. The van der Waals surface area contributed by atoms with Crippen LogP contribution < -0.4 is 11.1 Å². The molecule has 7 nitrogen and oxygen atoms in total. The van der Waals surface area contributed by atoms with Crippen molar-refractivity contribution in [2.75, 3.05) is 5.32 Å². The van der Waals surface area contributed by atoms with Gasteiger partial charge in [0.2, 0.25) is 5.91 Å². The Bertz CT molecular complexity index is 895. The van der Waals surface area contributed by atoms with Crippen molar-refractivity contribution in [3.63, 3.8) is 0 Å². The normalized spacial score (nSPS) is 21.6. The van der Waals surface area contributed by atoms with Crippen LogP contribution in [0.25, 0.3) is 0 Å². The number of amides is 2. The summed E-state index contributed by atoms with van der Waals surface area (Å²) in [6.45, 7) is 2.23. The summed E-state index contributed by atoms with van der Waals surface area (Å²) in [7, 11) is 0. The molecule has 1 heterocycles.